The highest BCUT2D eigenvalue weighted by Gasteiger charge is 2.17. The van der Waals surface area contributed by atoms with Crippen LogP contribution in [0.25, 0.3) is 0 Å². The molecule has 0 fully saturated rings. The molecular weight excluding hydrogens is 238 g/mol. The summed E-state index contributed by atoms with van der Waals surface area (Å²) in [6, 6.07) is 0.255. The number of nitrogens with one attached hydrogen (secondary N) is 1. The van der Waals surface area contributed by atoms with Crippen molar-refractivity contribution in [1.29, 1.82) is 0 Å². The van der Waals surface area contributed by atoms with Crippen LogP contribution < -0.4 is 5.32 Å². The van der Waals surface area contributed by atoms with Gasteiger partial charge in [0.1, 0.15) is 0 Å². The second kappa shape index (κ2) is 7.69. The van der Waals surface area contributed by atoms with E-state index in [4.69, 9.17) is 16.3 Å². The standard InChI is InChI=1S/C12H22ClN3O/c1-4-7-14-11(6-5-8-17-3)12-10(13)9-15-16(12)2/h9,11,14H,4-8H2,1-3H3. The predicted molar refractivity (Wildman–Crippen MR) is 70.4 cm³/mol. The van der Waals surface area contributed by atoms with E-state index in [1.807, 2.05) is 11.7 Å². The fourth-order valence-electron chi connectivity index (χ4n) is 1.90. The average molecular weight is 260 g/mol. The average Bonchev–Trinajstić information content (AvgIpc) is 2.64. The lowest BCUT2D eigenvalue weighted by atomic mass is 10.1. The van der Waals surface area contributed by atoms with Crippen LogP contribution in [0.3, 0.4) is 0 Å². The van der Waals surface area contributed by atoms with Crippen molar-refractivity contribution in [2.75, 3.05) is 20.3 Å². The van der Waals surface area contributed by atoms with E-state index < -0.39 is 0 Å². The van der Waals surface area contributed by atoms with Crippen molar-refractivity contribution in [2.24, 2.45) is 7.05 Å². The van der Waals surface area contributed by atoms with Gasteiger partial charge >= 0.3 is 0 Å². The van der Waals surface area contributed by atoms with Crippen LogP contribution in [0, 0.1) is 0 Å². The zero-order chi connectivity index (χ0) is 12.7. The van der Waals surface area contributed by atoms with Gasteiger partial charge in [-0.2, -0.15) is 5.10 Å². The summed E-state index contributed by atoms with van der Waals surface area (Å²) in [5.74, 6) is 0. The minimum absolute atomic E-state index is 0.255. The Morgan fingerprint density at radius 3 is 2.88 bits per heavy atom. The van der Waals surface area contributed by atoms with Gasteiger partial charge in [-0.25, -0.2) is 0 Å². The van der Waals surface area contributed by atoms with Gasteiger partial charge in [-0.3, -0.25) is 4.68 Å². The van der Waals surface area contributed by atoms with Crippen molar-refractivity contribution in [3.8, 4) is 0 Å². The van der Waals surface area contributed by atoms with Gasteiger partial charge in [0.25, 0.3) is 0 Å². The van der Waals surface area contributed by atoms with Crippen molar-refractivity contribution in [2.45, 2.75) is 32.2 Å². The molecule has 1 unspecified atom stereocenters. The van der Waals surface area contributed by atoms with Crippen LogP contribution in [0.2, 0.25) is 5.02 Å². The SMILES string of the molecule is CCCNC(CCCOC)c1c(Cl)cnn1C. The number of aryl methyl sites for hydroxylation is 1. The van der Waals surface area contributed by atoms with Crippen LogP contribution in [0.5, 0.6) is 0 Å². The topological polar surface area (TPSA) is 39.1 Å². The lowest BCUT2D eigenvalue weighted by molar-refractivity contribution is 0.188. The van der Waals surface area contributed by atoms with Crippen molar-refractivity contribution in [3.05, 3.63) is 16.9 Å². The third kappa shape index (κ3) is 4.30. The first-order valence-electron chi connectivity index (χ1n) is 6.10. The summed E-state index contributed by atoms with van der Waals surface area (Å²) in [7, 11) is 3.66. The molecule has 1 atom stereocenters. The molecular formula is C12H22ClN3O. The molecule has 0 aliphatic rings. The molecule has 0 amide bonds. The first-order valence-corrected chi connectivity index (χ1v) is 6.48. The molecule has 0 saturated carbocycles. The fourth-order valence-corrected chi connectivity index (χ4v) is 2.20. The Morgan fingerprint density at radius 1 is 1.59 bits per heavy atom. The Labute approximate surface area is 108 Å². The molecule has 0 aliphatic carbocycles. The van der Waals surface area contributed by atoms with E-state index in [0.29, 0.717) is 0 Å². The van der Waals surface area contributed by atoms with E-state index >= 15 is 0 Å². The van der Waals surface area contributed by atoms with Crippen LogP contribution in [-0.4, -0.2) is 30.0 Å². The van der Waals surface area contributed by atoms with E-state index in [1.54, 1.807) is 13.3 Å². The summed E-state index contributed by atoms with van der Waals surface area (Å²) in [6.45, 7) is 3.92. The van der Waals surface area contributed by atoms with Crippen LogP contribution in [0.1, 0.15) is 37.9 Å². The van der Waals surface area contributed by atoms with Gasteiger partial charge in [0.2, 0.25) is 0 Å². The largest absolute Gasteiger partial charge is 0.385 e. The van der Waals surface area contributed by atoms with Crippen molar-refractivity contribution < 1.29 is 4.74 Å². The molecule has 1 aromatic rings. The lowest BCUT2D eigenvalue weighted by Gasteiger charge is -2.19. The maximum Gasteiger partial charge on any atom is 0.0833 e. The Hall–Kier alpha value is -0.580. The van der Waals surface area contributed by atoms with E-state index in [-0.39, 0.29) is 6.04 Å². The van der Waals surface area contributed by atoms with Gasteiger partial charge in [-0.1, -0.05) is 18.5 Å². The summed E-state index contributed by atoms with van der Waals surface area (Å²) in [5, 5.41) is 8.43. The van der Waals surface area contributed by atoms with Crippen molar-refractivity contribution in [3.63, 3.8) is 0 Å². The summed E-state index contributed by atoms with van der Waals surface area (Å²) >= 11 is 6.18. The Bertz CT molecular complexity index is 308. The van der Waals surface area contributed by atoms with Crippen LogP contribution >= 0.6 is 11.6 Å². The minimum Gasteiger partial charge on any atom is -0.385 e. The first-order chi connectivity index (χ1) is 8.20. The number of hydrogen-bond acceptors (Lipinski definition) is 3. The fraction of sp³-hybridized carbons (Fsp3) is 0.750. The molecule has 98 valence electrons. The van der Waals surface area contributed by atoms with Gasteiger partial charge in [-0.05, 0) is 25.8 Å². The highest BCUT2D eigenvalue weighted by atomic mass is 35.5. The molecule has 1 rings (SSSR count). The highest BCUT2D eigenvalue weighted by molar-refractivity contribution is 6.31. The Kier molecular flexibility index (Phi) is 6.55. The highest BCUT2D eigenvalue weighted by Crippen LogP contribution is 2.25. The number of nitrogens with zero attached hydrogens (tertiary/aromatic N) is 2. The monoisotopic (exact) mass is 259 g/mol. The predicted octanol–water partition coefficient (Wildman–Crippen LogP) is 2.54. The molecule has 0 aromatic carbocycles. The summed E-state index contributed by atoms with van der Waals surface area (Å²) < 4.78 is 6.94. The Morgan fingerprint density at radius 2 is 2.35 bits per heavy atom. The van der Waals surface area contributed by atoms with E-state index in [9.17, 15) is 0 Å². The molecule has 1 N–H and O–H groups in total. The molecule has 0 aliphatic heterocycles. The van der Waals surface area contributed by atoms with Crippen molar-refractivity contribution >= 4 is 11.6 Å². The van der Waals surface area contributed by atoms with E-state index in [0.717, 1.165) is 43.1 Å². The smallest absolute Gasteiger partial charge is 0.0833 e. The van der Waals surface area contributed by atoms with Gasteiger partial charge in [0.15, 0.2) is 0 Å². The summed E-state index contributed by atoms with van der Waals surface area (Å²) in [4.78, 5) is 0. The lowest BCUT2D eigenvalue weighted by Crippen LogP contribution is -2.25. The third-order valence-corrected chi connectivity index (χ3v) is 3.04. The molecule has 0 bridgehead atoms. The van der Waals surface area contributed by atoms with Crippen LogP contribution in [0.15, 0.2) is 6.20 Å². The molecule has 1 heterocycles. The molecule has 0 saturated heterocycles. The maximum atomic E-state index is 6.18. The van der Waals surface area contributed by atoms with Crippen molar-refractivity contribution in [1.82, 2.24) is 15.1 Å². The number of methoxy groups -OCH3 is 1. The molecule has 0 radical (unpaired) electrons. The minimum atomic E-state index is 0.255. The Balaban J connectivity index is 2.67. The second-order valence-electron chi connectivity index (χ2n) is 4.14. The normalized spacial score (nSPS) is 12.9. The zero-order valence-corrected chi connectivity index (χ0v) is 11.6. The molecule has 17 heavy (non-hydrogen) atoms. The first kappa shape index (κ1) is 14.5. The van der Waals surface area contributed by atoms with E-state index in [1.165, 1.54) is 0 Å². The van der Waals surface area contributed by atoms with Crippen LogP contribution in [0.4, 0.5) is 0 Å². The number of aromatic nitrogens is 2. The van der Waals surface area contributed by atoms with Gasteiger partial charge < -0.3 is 10.1 Å². The van der Waals surface area contributed by atoms with Gasteiger partial charge in [-0.15, -0.1) is 0 Å². The number of rotatable bonds is 8. The summed E-state index contributed by atoms with van der Waals surface area (Å²) in [6.07, 6.45) is 4.83. The number of ether oxygens (including phenoxy) is 1. The maximum absolute atomic E-state index is 6.18. The number of halogens is 1. The molecule has 5 heteroatoms. The second-order valence-corrected chi connectivity index (χ2v) is 4.55. The zero-order valence-electron chi connectivity index (χ0n) is 10.9. The van der Waals surface area contributed by atoms with E-state index in [2.05, 4.69) is 17.3 Å². The summed E-state index contributed by atoms with van der Waals surface area (Å²) in [5.41, 5.74) is 1.07. The number of hydrogen-bond donors (Lipinski definition) is 1. The molecule has 0 spiro atoms. The van der Waals surface area contributed by atoms with Gasteiger partial charge in [0.05, 0.1) is 23.0 Å². The quantitative estimate of drug-likeness (QED) is 0.730. The third-order valence-electron chi connectivity index (χ3n) is 2.75. The van der Waals surface area contributed by atoms with Gasteiger partial charge in [0, 0.05) is 20.8 Å². The van der Waals surface area contributed by atoms with Crippen LogP contribution in [-0.2, 0) is 11.8 Å². The molecule has 1 aromatic heterocycles. The molecule has 4 nitrogen and oxygen atoms in total.